The maximum atomic E-state index is 5.49. The second-order valence-corrected chi connectivity index (χ2v) is 4.28. The monoisotopic (exact) mass is 206 g/mol. The maximum Gasteiger partial charge on any atom is 0.0297 e. The van der Waals surface area contributed by atoms with E-state index < -0.39 is 0 Å². The number of hydrogen-bond donors (Lipinski definition) is 2. The predicted molar refractivity (Wildman–Crippen MR) is 66.1 cm³/mol. The molecule has 0 aliphatic heterocycles. The second kappa shape index (κ2) is 5.29. The first-order valence-corrected chi connectivity index (χ1v) is 5.57. The van der Waals surface area contributed by atoms with Gasteiger partial charge in [-0.1, -0.05) is 17.7 Å². The Kier molecular flexibility index (Phi) is 4.30. The average Bonchev–Trinajstić information content (AvgIpc) is 2.12. The SMILES string of the molecule is Cc1cc(C)c(C(C)NCCN)c(C)c1. The van der Waals surface area contributed by atoms with Crippen LogP contribution >= 0.6 is 0 Å². The Bertz CT molecular complexity index is 308. The Labute approximate surface area is 92.9 Å². The Morgan fingerprint density at radius 1 is 1.20 bits per heavy atom. The third kappa shape index (κ3) is 3.05. The topological polar surface area (TPSA) is 38.0 Å². The number of nitrogens with two attached hydrogens (primary N) is 1. The van der Waals surface area contributed by atoms with Crippen LogP contribution in [-0.2, 0) is 0 Å². The normalized spacial score (nSPS) is 12.9. The third-order valence-electron chi connectivity index (χ3n) is 2.77. The lowest BCUT2D eigenvalue weighted by atomic mass is 9.95. The number of hydrogen-bond acceptors (Lipinski definition) is 2. The summed E-state index contributed by atoms with van der Waals surface area (Å²) >= 11 is 0. The van der Waals surface area contributed by atoms with Crippen LogP contribution in [0.2, 0.25) is 0 Å². The number of rotatable bonds is 4. The molecule has 0 fully saturated rings. The second-order valence-electron chi connectivity index (χ2n) is 4.28. The quantitative estimate of drug-likeness (QED) is 0.792. The highest BCUT2D eigenvalue weighted by molar-refractivity contribution is 5.39. The molecule has 1 aromatic rings. The number of nitrogens with one attached hydrogen (secondary N) is 1. The smallest absolute Gasteiger partial charge is 0.0297 e. The van der Waals surface area contributed by atoms with Gasteiger partial charge in [-0.2, -0.15) is 0 Å². The van der Waals surface area contributed by atoms with E-state index in [4.69, 9.17) is 5.73 Å². The van der Waals surface area contributed by atoms with Gasteiger partial charge in [0, 0.05) is 19.1 Å². The molecule has 1 aromatic carbocycles. The molecule has 0 spiro atoms. The van der Waals surface area contributed by atoms with Crippen molar-refractivity contribution in [3.8, 4) is 0 Å². The van der Waals surface area contributed by atoms with Crippen LogP contribution < -0.4 is 11.1 Å². The molecule has 1 atom stereocenters. The van der Waals surface area contributed by atoms with Crippen LogP contribution in [0, 0.1) is 20.8 Å². The fraction of sp³-hybridized carbons (Fsp3) is 0.538. The van der Waals surface area contributed by atoms with Gasteiger partial charge in [-0.3, -0.25) is 0 Å². The van der Waals surface area contributed by atoms with Crippen molar-refractivity contribution in [2.24, 2.45) is 5.73 Å². The van der Waals surface area contributed by atoms with Crippen molar-refractivity contribution in [1.29, 1.82) is 0 Å². The number of benzene rings is 1. The first-order chi connectivity index (χ1) is 7.06. The molecule has 1 unspecified atom stereocenters. The van der Waals surface area contributed by atoms with Crippen molar-refractivity contribution < 1.29 is 0 Å². The Morgan fingerprint density at radius 2 is 1.73 bits per heavy atom. The Hall–Kier alpha value is -0.860. The van der Waals surface area contributed by atoms with E-state index in [1.807, 2.05) is 0 Å². The molecule has 0 aromatic heterocycles. The summed E-state index contributed by atoms with van der Waals surface area (Å²) in [5.41, 5.74) is 11.0. The summed E-state index contributed by atoms with van der Waals surface area (Å²) in [5.74, 6) is 0. The highest BCUT2D eigenvalue weighted by Gasteiger charge is 2.10. The minimum absolute atomic E-state index is 0.383. The van der Waals surface area contributed by atoms with Gasteiger partial charge in [0.2, 0.25) is 0 Å². The molecular weight excluding hydrogens is 184 g/mol. The first kappa shape index (κ1) is 12.2. The molecule has 15 heavy (non-hydrogen) atoms. The van der Waals surface area contributed by atoms with Crippen molar-refractivity contribution >= 4 is 0 Å². The van der Waals surface area contributed by atoms with Crippen molar-refractivity contribution in [3.05, 3.63) is 34.4 Å². The molecule has 84 valence electrons. The van der Waals surface area contributed by atoms with E-state index in [9.17, 15) is 0 Å². The van der Waals surface area contributed by atoms with Crippen LogP contribution in [0.15, 0.2) is 12.1 Å². The summed E-state index contributed by atoms with van der Waals surface area (Å²) in [6, 6.07) is 4.86. The maximum absolute atomic E-state index is 5.49. The molecule has 0 amide bonds. The molecule has 0 saturated heterocycles. The molecule has 0 heterocycles. The lowest BCUT2D eigenvalue weighted by Gasteiger charge is -2.19. The van der Waals surface area contributed by atoms with Gasteiger partial charge in [0.25, 0.3) is 0 Å². The van der Waals surface area contributed by atoms with Gasteiger partial charge in [-0.15, -0.1) is 0 Å². The molecule has 0 aliphatic rings. The number of aryl methyl sites for hydroxylation is 3. The summed E-state index contributed by atoms with van der Waals surface area (Å²) in [4.78, 5) is 0. The van der Waals surface area contributed by atoms with Crippen LogP contribution in [-0.4, -0.2) is 13.1 Å². The lowest BCUT2D eigenvalue weighted by molar-refractivity contribution is 0.577. The van der Waals surface area contributed by atoms with Crippen LogP contribution in [0.4, 0.5) is 0 Å². The summed E-state index contributed by atoms with van der Waals surface area (Å²) in [6.45, 7) is 10.2. The van der Waals surface area contributed by atoms with Gasteiger partial charge in [-0.05, 0) is 44.4 Å². The molecule has 0 saturated carbocycles. The average molecular weight is 206 g/mol. The van der Waals surface area contributed by atoms with E-state index in [1.54, 1.807) is 0 Å². The Balaban J connectivity index is 2.92. The highest BCUT2D eigenvalue weighted by atomic mass is 14.9. The minimum atomic E-state index is 0.383. The first-order valence-electron chi connectivity index (χ1n) is 5.57. The van der Waals surface area contributed by atoms with E-state index in [0.717, 1.165) is 6.54 Å². The molecule has 2 nitrogen and oxygen atoms in total. The third-order valence-corrected chi connectivity index (χ3v) is 2.77. The largest absolute Gasteiger partial charge is 0.329 e. The molecule has 1 rings (SSSR count). The summed E-state index contributed by atoms with van der Waals surface area (Å²) < 4.78 is 0. The zero-order valence-corrected chi connectivity index (χ0v) is 10.2. The van der Waals surface area contributed by atoms with E-state index in [0.29, 0.717) is 12.6 Å². The predicted octanol–water partition coefficient (Wildman–Crippen LogP) is 2.22. The fourth-order valence-electron chi connectivity index (χ4n) is 2.28. The van der Waals surface area contributed by atoms with Crippen molar-refractivity contribution in [1.82, 2.24) is 5.32 Å². The van der Waals surface area contributed by atoms with Gasteiger partial charge in [-0.25, -0.2) is 0 Å². The minimum Gasteiger partial charge on any atom is -0.329 e. The van der Waals surface area contributed by atoms with Crippen molar-refractivity contribution in [2.75, 3.05) is 13.1 Å². The van der Waals surface area contributed by atoms with Crippen LogP contribution in [0.5, 0.6) is 0 Å². The summed E-state index contributed by atoms with van der Waals surface area (Å²) in [6.07, 6.45) is 0. The fourth-order valence-corrected chi connectivity index (χ4v) is 2.28. The van der Waals surface area contributed by atoms with Gasteiger partial charge < -0.3 is 11.1 Å². The van der Waals surface area contributed by atoms with E-state index in [2.05, 4.69) is 45.1 Å². The molecule has 0 aliphatic carbocycles. The van der Waals surface area contributed by atoms with Gasteiger partial charge in [0.1, 0.15) is 0 Å². The van der Waals surface area contributed by atoms with Crippen molar-refractivity contribution in [3.63, 3.8) is 0 Å². The summed E-state index contributed by atoms with van der Waals surface area (Å²) in [5, 5.41) is 3.42. The standard InChI is InChI=1S/C13H22N2/c1-9-7-10(2)13(11(3)8-9)12(4)15-6-5-14/h7-8,12,15H,5-6,14H2,1-4H3. The van der Waals surface area contributed by atoms with Gasteiger partial charge in [0.15, 0.2) is 0 Å². The van der Waals surface area contributed by atoms with E-state index in [1.165, 1.54) is 22.3 Å². The van der Waals surface area contributed by atoms with E-state index in [-0.39, 0.29) is 0 Å². The lowest BCUT2D eigenvalue weighted by Crippen LogP contribution is -2.26. The van der Waals surface area contributed by atoms with Gasteiger partial charge in [0.05, 0.1) is 0 Å². The molecular formula is C13H22N2. The molecule has 3 N–H and O–H groups in total. The highest BCUT2D eigenvalue weighted by Crippen LogP contribution is 2.22. The Morgan fingerprint density at radius 3 is 2.20 bits per heavy atom. The zero-order chi connectivity index (χ0) is 11.4. The molecule has 2 heteroatoms. The van der Waals surface area contributed by atoms with E-state index >= 15 is 0 Å². The summed E-state index contributed by atoms with van der Waals surface area (Å²) in [7, 11) is 0. The van der Waals surface area contributed by atoms with Crippen molar-refractivity contribution in [2.45, 2.75) is 33.7 Å². The molecule has 0 bridgehead atoms. The zero-order valence-electron chi connectivity index (χ0n) is 10.2. The van der Waals surface area contributed by atoms with Crippen LogP contribution in [0.25, 0.3) is 0 Å². The molecule has 0 radical (unpaired) electrons. The van der Waals surface area contributed by atoms with Gasteiger partial charge >= 0.3 is 0 Å². The van der Waals surface area contributed by atoms with Crippen LogP contribution in [0.1, 0.15) is 35.2 Å². The van der Waals surface area contributed by atoms with Crippen LogP contribution in [0.3, 0.4) is 0 Å².